The van der Waals surface area contributed by atoms with E-state index in [9.17, 15) is 4.79 Å². The summed E-state index contributed by atoms with van der Waals surface area (Å²) >= 11 is 0. The molecule has 1 aliphatic carbocycles. The monoisotopic (exact) mass is 265 g/mol. The van der Waals surface area contributed by atoms with Gasteiger partial charge in [0.1, 0.15) is 0 Å². The fourth-order valence-electron chi connectivity index (χ4n) is 3.46. The SMILES string of the molecule is O=C(C1CC1)N1CCCC1c1cccc2ccccc12. The zero-order valence-corrected chi connectivity index (χ0v) is 11.6. The van der Waals surface area contributed by atoms with Crippen molar-refractivity contribution in [1.82, 2.24) is 4.90 Å². The average molecular weight is 265 g/mol. The predicted molar refractivity (Wildman–Crippen MR) is 80.4 cm³/mol. The zero-order valence-electron chi connectivity index (χ0n) is 11.6. The molecular weight excluding hydrogens is 246 g/mol. The van der Waals surface area contributed by atoms with Gasteiger partial charge in [-0.3, -0.25) is 4.79 Å². The van der Waals surface area contributed by atoms with Crippen molar-refractivity contribution in [3.8, 4) is 0 Å². The van der Waals surface area contributed by atoms with Crippen LogP contribution in [0.25, 0.3) is 10.8 Å². The van der Waals surface area contributed by atoms with Crippen molar-refractivity contribution in [1.29, 1.82) is 0 Å². The highest BCUT2D eigenvalue weighted by molar-refractivity contribution is 5.87. The van der Waals surface area contributed by atoms with Crippen molar-refractivity contribution < 1.29 is 4.79 Å². The molecule has 0 N–H and O–H groups in total. The van der Waals surface area contributed by atoms with E-state index in [1.54, 1.807) is 0 Å². The molecule has 0 radical (unpaired) electrons. The van der Waals surface area contributed by atoms with Crippen LogP contribution in [-0.2, 0) is 4.79 Å². The Balaban J connectivity index is 1.75. The van der Waals surface area contributed by atoms with E-state index < -0.39 is 0 Å². The van der Waals surface area contributed by atoms with Gasteiger partial charge in [-0.05, 0) is 42.0 Å². The first-order chi connectivity index (χ1) is 9.84. The second kappa shape index (κ2) is 4.62. The molecule has 1 amide bonds. The summed E-state index contributed by atoms with van der Waals surface area (Å²) in [5.41, 5.74) is 1.33. The molecule has 1 atom stereocenters. The topological polar surface area (TPSA) is 20.3 Å². The van der Waals surface area contributed by atoms with E-state index in [0.717, 1.165) is 32.2 Å². The van der Waals surface area contributed by atoms with Crippen LogP contribution in [0.1, 0.15) is 37.3 Å². The number of benzene rings is 2. The molecule has 1 saturated heterocycles. The molecule has 2 aromatic rings. The average Bonchev–Trinajstić information content (AvgIpc) is 3.23. The Morgan fingerprint density at radius 1 is 1.00 bits per heavy atom. The zero-order chi connectivity index (χ0) is 13.5. The number of hydrogen-bond donors (Lipinski definition) is 0. The van der Waals surface area contributed by atoms with Crippen molar-refractivity contribution in [2.24, 2.45) is 5.92 Å². The van der Waals surface area contributed by atoms with Gasteiger partial charge in [0.05, 0.1) is 6.04 Å². The van der Waals surface area contributed by atoms with Crippen molar-refractivity contribution in [2.45, 2.75) is 31.7 Å². The minimum Gasteiger partial charge on any atom is -0.335 e. The van der Waals surface area contributed by atoms with Gasteiger partial charge in [0.2, 0.25) is 5.91 Å². The molecule has 1 aliphatic heterocycles. The van der Waals surface area contributed by atoms with Crippen LogP contribution in [0.3, 0.4) is 0 Å². The molecule has 0 aromatic heterocycles. The molecule has 1 heterocycles. The van der Waals surface area contributed by atoms with Crippen LogP contribution in [-0.4, -0.2) is 17.4 Å². The number of amides is 1. The summed E-state index contributed by atoms with van der Waals surface area (Å²) in [6.45, 7) is 0.934. The van der Waals surface area contributed by atoms with Gasteiger partial charge in [-0.25, -0.2) is 0 Å². The quantitative estimate of drug-likeness (QED) is 0.806. The van der Waals surface area contributed by atoms with Crippen molar-refractivity contribution >= 4 is 16.7 Å². The highest BCUT2D eigenvalue weighted by Gasteiger charge is 2.39. The first-order valence-electron chi connectivity index (χ1n) is 7.63. The maximum Gasteiger partial charge on any atom is 0.226 e. The third-order valence-corrected chi connectivity index (χ3v) is 4.64. The Bertz CT molecular complexity index is 654. The summed E-state index contributed by atoms with van der Waals surface area (Å²) in [6, 6.07) is 15.3. The lowest BCUT2D eigenvalue weighted by Gasteiger charge is -2.26. The lowest BCUT2D eigenvalue weighted by Crippen LogP contribution is -2.31. The van der Waals surface area contributed by atoms with Crippen LogP contribution < -0.4 is 0 Å². The lowest BCUT2D eigenvalue weighted by molar-refractivity contribution is -0.133. The molecule has 4 rings (SSSR count). The maximum absolute atomic E-state index is 12.5. The summed E-state index contributed by atoms with van der Waals surface area (Å²) in [6.07, 6.45) is 4.42. The molecule has 2 aromatic carbocycles. The number of carbonyl (C=O) groups excluding carboxylic acids is 1. The Morgan fingerprint density at radius 3 is 2.65 bits per heavy atom. The summed E-state index contributed by atoms with van der Waals surface area (Å²) in [7, 11) is 0. The summed E-state index contributed by atoms with van der Waals surface area (Å²) in [5, 5.41) is 2.58. The second-order valence-corrected chi connectivity index (χ2v) is 6.03. The molecule has 2 aliphatic rings. The largest absolute Gasteiger partial charge is 0.335 e. The summed E-state index contributed by atoms with van der Waals surface area (Å²) in [5.74, 6) is 0.714. The van der Waals surface area contributed by atoms with E-state index in [4.69, 9.17) is 0 Å². The fraction of sp³-hybridized carbons (Fsp3) is 0.389. The Hall–Kier alpha value is -1.83. The smallest absolute Gasteiger partial charge is 0.226 e. The van der Waals surface area contributed by atoms with Crippen LogP contribution in [0, 0.1) is 5.92 Å². The van der Waals surface area contributed by atoms with Gasteiger partial charge in [-0.15, -0.1) is 0 Å². The first-order valence-corrected chi connectivity index (χ1v) is 7.63. The molecule has 1 saturated carbocycles. The fourth-order valence-corrected chi connectivity index (χ4v) is 3.46. The molecule has 20 heavy (non-hydrogen) atoms. The molecule has 2 nitrogen and oxygen atoms in total. The molecule has 0 bridgehead atoms. The number of likely N-dealkylation sites (tertiary alicyclic amines) is 1. The Labute approximate surface area is 119 Å². The number of fused-ring (bicyclic) bond motifs is 1. The first kappa shape index (κ1) is 12.0. The highest BCUT2D eigenvalue weighted by Crippen LogP contribution is 2.40. The van der Waals surface area contributed by atoms with Gasteiger partial charge in [0, 0.05) is 12.5 Å². The van der Waals surface area contributed by atoms with E-state index in [0.29, 0.717) is 11.8 Å². The van der Waals surface area contributed by atoms with Crippen molar-refractivity contribution in [3.05, 3.63) is 48.0 Å². The van der Waals surface area contributed by atoms with Gasteiger partial charge in [-0.2, -0.15) is 0 Å². The third-order valence-electron chi connectivity index (χ3n) is 4.64. The van der Waals surface area contributed by atoms with Gasteiger partial charge < -0.3 is 4.90 Å². The van der Waals surface area contributed by atoms with Crippen LogP contribution in [0.2, 0.25) is 0 Å². The highest BCUT2D eigenvalue weighted by atomic mass is 16.2. The van der Waals surface area contributed by atoms with Crippen LogP contribution in [0.15, 0.2) is 42.5 Å². The summed E-state index contributed by atoms with van der Waals surface area (Å²) < 4.78 is 0. The third kappa shape index (κ3) is 1.91. The summed E-state index contributed by atoms with van der Waals surface area (Å²) in [4.78, 5) is 14.6. The molecule has 0 spiro atoms. The van der Waals surface area contributed by atoms with E-state index in [1.807, 2.05) is 0 Å². The standard InChI is InChI=1S/C18H19NO/c20-18(14-10-11-14)19-12-4-9-17(19)16-8-3-6-13-5-1-2-7-15(13)16/h1-3,5-8,14,17H,4,9-12H2. The number of rotatable bonds is 2. The molecule has 2 heteroatoms. The van der Waals surface area contributed by atoms with Gasteiger partial charge in [-0.1, -0.05) is 42.5 Å². The molecular formula is C18H19NO. The van der Waals surface area contributed by atoms with E-state index in [1.165, 1.54) is 16.3 Å². The van der Waals surface area contributed by atoms with Gasteiger partial charge in [0.15, 0.2) is 0 Å². The Morgan fingerprint density at radius 2 is 1.80 bits per heavy atom. The van der Waals surface area contributed by atoms with E-state index in [2.05, 4.69) is 47.4 Å². The minimum absolute atomic E-state index is 0.286. The van der Waals surface area contributed by atoms with Crippen LogP contribution in [0.4, 0.5) is 0 Å². The molecule has 102 valence electrons. The second-order valence-electron chi connectivity index (χ2n) is 6.03. The Kier molecular flexibility index (Phi) is 2.76. The number of hydrogen-bond acceptors (Lipinski definition) is 1. The van der Waals surface area contributed by atoms with Crippen molar-refractivity contribution in [3.63, 3.8) is 0 Å². The van der Waals surface area contributed by atoms with Crippen molar-refractivity contribution in [2.75, 3.05) is 6.54 Å². The predicted octanol–water partition coefficient (Wildman–Crippen LogP) is 3.91. The number of nitrogens with zero attached hydrogens (tertiary/aromatic N) is 1. The normalized spacial score (nSPS) is 22.4. The molecule has 2 fully saturated rings. The van der Waals surface area contributed by atoms with Gasteiger partial charge in [0.25, 0.3) is 0 Å². The number of carbonyl (C=O) groups is 1. The van der Waals surface area contributed by atoms with E-state index >= 15 is 0 Å². The van der Waals surface area contributed by atoms with Crippen LogP contribution >= 0.6 is 0 Å². The van der Waals surface area contributed by atoms with E-state index in [-0.39, 0.29) is 6.04 Å². The maximum atomic E-state index is 12.5. The molecule has 1 unspecified atom stereocenters. The van der Waals surface area contributed by atoms with Gasteiger partial charge >= 0.3 is 0 Å². The van der Waals surface area contributed by atoms with Crippen LogP contribution in [0.5, 0.6) is 0 Å². The lowest BCUT2D eigenvalue weighted by atomic mass is 9.97. The minimum atomic E-state index is 0.286.